The Balaban J connectivity index is 1.65. The van der Waals surface area contributed by atoms with Crippen molar-refractivity contribution in [3.8, 4) is 0 Å². The number of nitrogens with one attached hydrogen (secondary N) is 1. The number of carbonyl (C=O) groups is 2. The number of alkyl halides is 3. The van der Waals surface area contributed by atoms with Crippen molar-refractivity contribution in [1.82, 2.24) is 20.0 Å². The molecule has 2 aromatic rings. The van der Waals surface area contributed by atoms with Crippen molar-refractivity contribution < 1.29 is 22.8 Å². The first-order valence-corrected chi connectivity index (χ1v) is 8.86. The third kappa shape index (κ3) is 3.19. The van der Waals surface area contributed by atoms with Crippen LogP contribution in [0.25, 0.3) is 0 Å². The van der Waals surface area contributed by atoms with Crippen LogP contribution in [0, 0.1) is 0 Å². The standard InChI is InChI=1S/C18H18F3N5O2/c19-18(20,21)11-3-1-10(2-4-11)14-16(27)23-7-8-25(14)17(28)13-9-24-26(15(13)22)12-5-6-12/h1-4,9,12,14H,5-8,22H2,(H,23,27). The highest BCUT2D eigenvalue weighted by atomic mass is 19.4. The van der Waals surface area contributed by atoms with Gasteiger partial charge in [0.1, 0.15) is 17.4 Å². The van der Waals surface area contributed by atoms with E-state index < -0.39 is 29.6 Å². The van der Waals surface area contributed by atoms with E-state index in [0.717, 1.165) is 25.0 Å². The highest BCUT2D eigenvalue weighted by Gasteiger charge is 2.38. The highest BCUT2D eigenvalue weighted by Crippen LogP contribution is 2.37. The Morgan fingerprint density at radius 2 is 1.89 bits per heavy atom. The number of carbonyl (C=O) groups excluding carboxylic acids is 2. The number of nitrogens with two attached hydrogens (primary N) is 1. The third-order valence-corrected chi connectivity index (χ3v) is 4.98. The SMILES string of the molecule is Nc1c(C(=O)N2CCNC(=O)C2c2ccc(C(F)(F)F)cc2)cnn1C1CC1. The van der Waals surface area contributed by atoms with Gasteiger partial charge in [-0.05, 0) is 30.5 Å². The maximum Gasteiger partial charge on any atom is 0.416 e. The number of hydrogen-bond donors (Lipinski definition) is 2. The molecule has 1 aromatic heterocycles. The van der Waals surface area contributed by atoms with Crippen LogP contribution in [0.3, 0.4) is 0 Å². The molecule has 1 aliphatic carbocycles. The van der Waals surface area contributed by atoms with Crippen LogP contribution in [-0.4, -0.2) is 39.6 Å². The number of rotatable bonds is 3. The largest absolute Gasteiger partial charge is 0.416 e. The molecule has 1 aromatic carbocycles. The minimum atomic E-state index is -4.48. The van der Waals surface area contributed by atoms with E-state index >= 15 is 0 Å². The second kappa shape index (κ2) is 6.54. The fourth-order valence-corrected chi connectivity index (χ4v) is 3.37. The van der Waals surface area contributed by atoms with E-state index in [1.807, 2.05) is 0 Å². The van der Waals surface area contributed by atoms with Crippen LogP contribution >= 0.6 is 0 Å². The minimum Gasteiger partial charge on any atom is -0.383 e. The number of amides is 2. The van der Waals surface area contributed by atoms with E-state index in [0.29, 0.717) is 5.56 Å². The lowest BCUT2D eigenvalue weighted by molar-refractivity contribution is -0.137. The Hall–Kier alpha value is -3.04. The quantitative estimate of drug-likeness (QED) is 0.836. The van der Waals surface area contributed by atoms with Crippen molar-refractivity contribution >= 4 is 17.6 Å². The van der Waals surface area contributed by atoms with E-state index in [1.54, 1.807) is 4.68 Å². The van der Waals surface area contributed by atoms with Crippen LogP contribution in [-0.2, 0) is 11.0 Å². The predicted molar refractivity (Wildman–Crippen MR) is 93.1 cm³/mol. The van der Waals surface area contributed by atoms with Gasteiger partial charge in [0.05, 0.1) is 17.8 Å². The third-order valence-electron chi connectivity index (χ3n) is 4.98. The molecule has 10 heteroatoms. The van der Waals surface area contributed by atoms with Crippen LogP contribution < -0.4 is 11.1 Å². The van der Waals surface area contributed by atoms with Gasteiger partial charge in [-0.15, -0.1) is 0 Å². The summed E-state index contributed by atoms with van der Waals surface area (Å²) in [6.45, 7) is 0.461. The van der Waals surface area contributed by atoms with E-state index in [9.17, 15) is 22.8 Å². The molecule has 0 bridgehead atoms. The fourth-order valence-electron chi connectivity index (χ4n) is 3.37. The molecule has 0 spiro atoms. The van der Waals surface area contributed by atoms with Gasteiger partial charge in [0.25, 0.3) is 5.91 Å². The molecule has 28 heavy (non-hydrogen) atoms. The zero-order chi connectivity index (χ0) is 20.1. The van der Waals surface area contributed by atoms with Crippen molar-refractivity contribution in [2.24, 2.45) is 0 Å². The maximum absolute atomic E-state index is 13.1. The van der Waals surface area contributed by atoms with Crippen molar-refractivity contribution in [2.45, 2.75) is 31.1 Å². The summed E-state index contributed by atoms with van der Waals surface area (Å²) in [7, 11) is 0. The van der Waals surface area contributed by atoms with Gasteiger partial charge in [0.2, 0.25) is 5.91 Å². The zero-order valence-corrected chi connectivity index (χ0v) is 14.7. The maximum atomic E-state index is 13.1. The van der Waals surface area contributed by atoms with Crippen LogP contribution in [0.4, 0.5) is 19.0 Å². The summed E-state index contributed by atoms with van der Waals surface area (Å²) in [4.78, 5) is 26.8. The molecule has 2 aliphatic rings. The van der Waals surface area contributed by atoms with E-state index in [2.05, 4.69) is 10.4 Å². The normalized spacial score (nSPS) is 20.2. The first kappa shape index (κ1) is 18.3. The van der Waals surface area contributed by atoms with E-state index in [-0.39, 0.29) is 30.5 Å². The van der Waals surface area contributed by atoms with Gasteiger partial charge in [0, 0.05) is 13.1 Å². The lowest BCUT2D eigenvalue weighted by Crippen LogP contribution is -2.52. The molecule has 1 atom stereocenters. The molecule has 2 amide bonds. The van der Waals surface area contributed by atoms with Crippen LogP contribution in [0.2, 0.25) is 0 Å². The Kier molecular flexibility index (Phi) is 4.28. The summed E-state index contributed by atoms with van der Waals surface area (Å²) < 4.78 is 40.0. The first-order chi connectivity index (χ1) is 13.3. The van der Waals surface area contributed by atoms with Crippen LogP contribution in [0.1, 0.15) is 46.4 Å². The average Bonchev–Trinajstić information content (AvgIpc) is 3.42. The summed E-state index contributed by atoms with van der Waals surface area (Å²) in [5.41, 5.74) is 5.74. The van der Waals surface area contributed by atoms with Gasteiger partial charge in [-0.2, -0.15) is 18.3 Å². The van der Waals surface area contributed by atoms with Crippen LogP contribution in [0.5, 0.6) is 0 Å². The fraction of sp³-hybridized carbons (Fsp3) is 0.389. The van der Waals surface area contributed by atoms with Gasteiger partial charge in [-0.25, -0.2) is 4.68 Å². The molecule has 1 aliphatic heterocycles. The van der Waals surface area contributed by atoms with Crippen LogP contribution in [0.15, 0.2) is 30.5 Å². The molecule has 3 N–H and O–H groups in total. The second-order valence-corrected chi connectivity index (χ2v) is 6.93. The zero-order valence-electron chi connectivity index (χ0n) is 14.7. The molecule has 2 fully saturated rings. The van der Waals surface area contributed by atoms with E-state index in [1.165, 1.54) is 23.2 Å². The summed E-state index contributed by atoms with van der Waals surface area (Å²) in [6, 6.07) is 3.40. The molecule has 1 saturated heterocycles. The second-order valence-electron chi connectivity index (χ2n) is 6.93. The number of nitrogen functional groups attached to an aromatic ring is 1. The van der Waals surface area contributed by atoms with Gasteiger partial charge >= 0.3 is 6.18 Å². The summed E-state index contributed by atoms with van der Waals surface area (Å²) in [5.74, 6) is -0.679. The number of benzene rings is 1. The molecular formula is C18H18F3N5O2. The van der Waals surface area contributed by atoms with E-state index in [4.69, 9.17) is 5.73 Å². The number of nitrogens with zero attached hydrogens (tertiary/aromatic N) is 3. The molecule has 1 saturated carbocycles. The Morgan fingerprint density at radius 3 is 2.50 bits per heavy atom. The smallest absolute Gasteiger partial charge is 0.383 e. The molecule has 0 radical (unpaired) electrons. The van der Waals surface area contributed by atoms with Crippen molar-refractivity contribution in [1.29, 1.82) is 0 Å². The number of aromatic nitrogens is 2. The lowest BCUT2D eigenvalue weighted by atomic mass is 10.00. The molecule has 1 unspecified atom stereocenters. The molecule has 4 rings (SSSR count). The summed E-state index contributed by atoms with van der Waals surface area (Å²) in [6.07, 6.45) is -1.21. The molecular weight excluding hydrogens is 375 g/mol. The summed E-state index contributed by atoms with van der Waals surface area (Å²) in [5, 5.41) is 6.82. The van der Waals surface area contributed by atoms with Gasteiger partial charge in [-0.1, -0.05) is 12.1 Å². The van der Waals surface area contributed by atoms with Crippen molar-refractivity contribution in [2.75, 3.05) is 18.8 Å². The lowest BCUT2D eigenvalue weighted by Gasteiger charge is -2.35. The minimum absolute atomic E-state index is 0.192. The van der Waals surface area contributed by atoms with Gasteiger partial charge < -0.3 is 16.0 Å². The Bertz CT molecular complexity index is 918. The molecule has 7 nitrogen and oxygen atoms in total. The number of hydrogen-bond acceptors (Lipinski definition) is 4. The van der Waals surface area contributed by atoms with Gasteiger partial charge in [0.15, 0.2) is 0 Å². The van der Waals surface area contributed by atoms with Crippen molar-refractivity contribution in [3.63, 3.8) is 0 Å². The van der Waals surface area contributed by atoms with Crippen molar-refractivity contribution in [3.05, 3.63) is 47.2 Å². The predicted octanol–water partition coefficient (Wildman–Crippen LogP) is 2.13. The topological polar surface area (TPSA) is 93.2 Å². The number of piperazine rings is 1. The molecule has 148 valence electrons. The average molecular weight is 393 g/mol. The number of anilines is 1. The Labute approximate surface area is 158 Å². The Morgan fingerprint density at radius 1 is 1.21 bits per heavy atom. The first-order valence-electron chi connectivity index (χ1n) is 8.86. The summed E-state index contributed by atoms with van der Waals surface area (Å²) >= 11 is 0. The van der Waals surface area contributed by atoms with Gasteiger partial charge in [-0.3, -0.25) is 9.59 Å². The number of halogens is 3. The molecule has 2 heterocycles. The highest BCUT2D eigenvalue weighted by molar-refractivity contribution is 6.01. The monoisotopic (exact) mass is 393 g/mol.